The number of nitrogens with zero attached hydrogens (tertiary/aromatic N) is 6. The summed E-state index contributed by atoms with van der Waals surface area (Å²) in [7, 11) is 0. The molecule has 152 valence electrons. The Labute approximate surface area is 173 Å². The minimum Gasteiger partial charge on any atom is -0.337 e. The molecule has 1 atom stereocenters. The Kier molecular flexibility index (Phi) is 5.59. The molecule has 1 saturated heterocycles. The van der Waals surface area contributed by atoms with Crippen LogP contribution in [0.5, 0.6) is 0 Å². The largest absolute Gasteiger partial charge is 0.337 e. The SMILES string of the molecule is Cl.O=C(c1cn2c(n1)CCNCC2)N1CCC[C@H]1c1nc(-c2ccncc2)no1. The van der Waals surface area contributed by atoms with E-state index in [-0.39, 0.29) is 24.4 Å². The molecule has 0 spiro atoms. The van der Waals surface area contributed by atoms with E-state index in [1.165, 1.54) is 0 Å². The van der Waals surface area contributed by atoms with Crippen molar-refractivity contribution >= 4 is 18.3 Å². The Hall–Kier alpha value is -2.78. The van der Waals surface area contributed by atoms with E-state index in [0.717, 1.165) is 50.3 Å². The van der Waals surface area contributed by atoms with Crippen molar-refractivity contribution in [3.63, 3.8) is 0 Å². The number of amides is 1. The molecule has 3 aromatic heterocycles. The Balaban J connectivity index is 0.00000205. The number of hydrogen-bond acceptors (Lipinski definition) is 7. The second-order valence-corrected chi connectivity index (χ2v) is 7.08. The first kappa shape index (κ1) is 19.5. The monoisotopic (exact) mass is 415 g/mol. The fourth-order valence-electron chi connectivity index (χ4n) is 3.88. The third-order valence-electron chi connectivity index (χ3n) is 5.31. The number of rotatable bonds is 3. The summed E-state index contributed by atoms with van der Waals surface area (Å²) in [6.45, 7) is 3.28. The number of likely N-dealkylation sites (tertiary alicyclic amines) is 1. The maximum Gasteiger partial charge on any atom is 0.274 e. The number of nitrogens with one attached hydrogen (secondary N) is 1. The highest BCUT2D eigenvalue weighted by molar-refractivity contribution is 5.92. The lowest BCUT2D eigenvalue weighted by molar-refractivity contribution is 0.0704. The minimum atomic E-state index is -0.209. The summed E-state index contributed by atoms with van der Waals surface area (Å²) in [5.74, 6) is 1.88. The van der Waals surface area contributed by atoms with Gasteiger partial charge < -0.3 is 19.3 Å². The topological polar surface area (TPSA) is 102 Å². The van der Waals surface area contributed by atoms with Gasteiger partial charge in [-0.15, -0.1) is 12.4 Å². The lowest BCUT2D eigenvalue weighted by Crippen LogP contribution is -2.31. The quantitative estimate of drug-likeness (QED) is 0.696. The molecule has 5 rings (SSSR count). The smallest absolute Gasteiger partial charge is 0.274 e. The molecule has 2 aliphatic rings. The van der Waals surface area contributed by atoms with Gasteiger partial charge in [-0.25, -0.2) is 4.98 Å². The second kappa shape index (κ2) is 8.30. The maximum absolute atomic E-state index is 13.1. The molecule has 5 heterocycles. The first-order valence-corrected chi connectivity index (χ1v) is 9.61. The van der Waals surface area contributed by atoms with Crippen LogP contribution in [-0.4, -0.2) is 55.1 Å². The van der Waals surface area contributed by atoms with Crippen LogP contribution in [0.3, 0.4) is 0 Å². The molecule has 10 heteroatoms. The Morgan fingerprint density at radius 2 is 2.03 bits per heavy atom. The van der Waals surface area contributed by atoms with Crippen molar-refractivity contribution in [2.24, 2.45) is 0 Å². The van der Waals surface area contributed by atoms with E-state index in [2.05, 4.69) is 30.0 Å². The van der Waals surface area contributed by atoms with Crippen LogP contribution in [0.4, 0.5) is 0 Å². The van der Waals surface area contributed by atoms with Crippen molar-refractivity contribution in [3.8, 4) is 11.4 Å². The van der Waals surface area contributed by atoms with E-state index < -0.39 is 0 Å². The lowest BCUT2D eigenvalue weighted by Gasteiger charge is -2.20. The molecule has 29 heavy (non-hydrogen) atoms. The molecule has 1 fully saturated rings. The van der Waals surface area contributed by atoms with Gasteiger partial charge in [-0.3, -0.25) is 9.78 Å². The summed E-state index contributed by atoms with van der Waals surface area (Å²) >= 11 is 0. The number of pyridine rings is 1. The number of fused-ring (bicyclic) bond motifs is 1. The first-order chi connectivity index (χ1) is 13.8. The summed E-state index contributed by atoms with van der Waals surface area (Å²) < 4.78 is 7.58. The van der Waals surface area contributed by atoms with Crippen LogP contribution in [0, 0.1) is 0 Å². The molecule has 3 aromatic rings. The van der Waals surface area contributed by atoms with E-state index in [4.69, 9.17) is 4.52 Å². The fraction of sp³-hybridized carbons (Fsp3) is 0.421. The van der Waals surface area contributed by atoms with Gasteiger partial charge in [0.2, 0.25) is 11.7 Å². The molecule has 0 saturated carbocycles. The van der Waals surface area contributed by atoms with Gasteiger partial charge in [0.25, 0.3) is 5.91 Å². The molecule has 2 aliphatic heterocycles. The predicted molar refractivity (Wildman–Crippen MR) is 107 cm³/mol. The van der Waals surface area contributed by atoms with Gasteiger partial charge in [0.05, 0.1) is 0 Å². The molecule has 1 N–H and O–H groups in total. The van der Waals surface area contributed by atoms with Gasteiger partial charge in [-0.1, -0.05) is 5.16 Å². The highest BCUT2D eigenvalue weighted by Crippen LogP contribution is 2.33. The van der Waals surface area contributed by atoms with Gasteiger partial charge in [0.15, 0.2) is 0 Å². The Bertz CT molecular complexity index is 964. The zero-order chi connectivity index (χ0) is 18.9. The van der Waals surface area contributed by atoms with E-state index >= 15 is 0 Å². The van der Waals surface area contributed by atoms with Crippen LogP contribution in [0.25, 0.3) is 11.4 Å². The van der Waals surface area contributed by atoms with Gasteiger partial charge >= 0.3 is 0 Å². The van der Waals surface area contributed by atoms with Crippen molar-refractivity contribution in [2.45, 2.75) is 31.8 Å². The van der Waals surface area contributed by atoms with Gasteiger partial charge in [-0.2, -0.15) is 4.98 Å². The van der Waals surface area contributed by atoms with E-state index in [9.17, 15) is 4.79 Å². The lowest BCUT2D eigenvalue weighted by atomic mass is 10.2. The average molecular weight is 416 g/mol. The first-order valence-electron chi connectivity index (χ1n) is 9.61. The third-order valence-corrected chi connectivity index (χ3v) is 5.31. The van der Waals surface area contributed by atoms with Gasteiger partial charge in [0, 0.05) is 56.8 Å². The average Bonchev–Trinajstić information content (AvgIpc) is 3.45. The van der Waals surface area contributed by atoms with E-state index in [1.807, 2.05) is 23.2 Å². The van der Waals surface area contributed by atoms with Gasteiger partial charge in [0.1, 0.15) is 17.6 Å². The fourth-order valence-corrected chi connectivity index (χ4v) is 3.88. The minimum absolute atomic E-state index is 0. The molecule has 9 nitrogen and oxygen atoms in total. The number of halogens is 1. The van der Waals surface area contributed by atoms with Crippen LogP contribution < -0.4 is 5.32 Å². The molecule has 0 aromatic carbocycles. The van der Waals surface area contributed by atoms with Crippen LogP contribution in [-0.2, 0) is 13.0 Å². The molecule has 0 bridgehead atoms. The van der Waals surface area contributed by atoms with Crippen LogP contribution in [0.1, 0.15) is 41.1 Å². The summed E-state index contributed by atoms with van der Waals surface area (Å²) in [5.41, 5.74) is 1.34. The van der Waals surface area contributed by atoms with Crippen LogP contribution in [0.2, 0.25) is 0 Å². The summed E-state index contributed by atoms with van der Waals surface area (Å²) in [6, 6.07) is 3.46. The van der Waals surface area contributed by atoms with Crippen molar-refractivity contribution in [1.82, 2.24) is 34.9 Å². The number of imidazole rings is 1. The van der Waals surface area contributed by atoms with Crippen LogP contribution >= 0.6 is 12.4 Å². The molecule has 0 unspecified atom stereocenters. The number of hydrogen-bond donors (Lipinski definition) is 1. The number of carbonyl (C=O) groups excluding carboxylic acids is 1. The molecule has 1 amide bonds. The standard InChI is InChI=1S/C19H21N7O2.ClH/c27-19(14-12-25-11-9-21-8-5-16(25)22-14)26-10-1-2-15(26)18-23-17(24-28-18)13-3-6-20-7-4-13;/h3-4,6-7,12,15,21H,1-2,5,8-11H2;1H/t15-;/m0./s1. The number of carbonyl (C=O) groups is 1. The van der Waals surface area contributed by atoms with Crippen molar-refractivity contribution in [1.29, 1.82) is 0 Å². The van der Waals surface area contributed by atoms with Crippen LogP contribution in [0.15, 0.2) is 35.2 Å². The molecular formula is C19H22ClN7O2. The molecule has 0 radical (unpaired) electrons. The maximum atomic E-state index is 13.1. The molecular weight excluding hydrogens is 394 g/mol. The van der Waals surface area contributed by atoms with Crippen molar-refractivity contribution in [3.05, 3.63) is 48.1 Å². The summed E-state index contributed by atoms with van der Waals surface area (Å²) in [6.07, 6.45) is 7.79. The van der Waals surface area contributed by atoms with E-state index in [1.54, 1.807) is 12.4 Å². The zero-order valence-corrected chi connectivity index (χ0v) is 16.6. The summed E-state index contributed by atoms with van der Waals surface area (Å²) in [4.78, 5) is 28.1. The number of aromatic nitrogens is 5. The highest BCUT2D eigenvalue weighted by Gasteiger charge is 2.35. The second-order valence-electron chi connectivity index (χ2n) is 7.08. The van der Waals surface area contributed by atoms with Crippen molar-refractivity contribution < 1.29 is 9.32 Å². The zero-order valence-electron chi connectivity index (χ0n) is 15.8. The normalized spacial score (nSPS) is 18.8. The van der Waals surface area contributed by atoms with E-state index in [0.29, 0.717) is 24.0 Å². The van der Waals surface area contributed by atoms with Gasteiger partial charge in [-0.05, 0) is 25.0 Å². The van der Waals surface area contributed by atoms with Crippen molar-refractivity contribution in [2.75, 3.05) is 19.6 Å². The summed E-state index contributed by atoms with van der Waals surface area (Å²) in [5, 5.41) is 7.42. The Morgan fingerprint density at radius 1 is 1.17 bits per heavy atom. The predicted octanol–water partition coefficient (Wildman–Crippen LogP) is 1.87. The third kappa shape index (κ3) is 3.75. The highest BCUT2D eigenvalue weighted by atomic mass is 35.5. The Morgan fingerprint density at radius 3 is 2.90 bits per heavy atom. The molecule has 0 aliphatic carbocycles.